The highest BCUT2D eigenvalue weighted by Crippen LogP contribution is 2.35. The zero-order chi connectivity index (χ0) is 14.9. The highest BCUT2D eigenvalue weighted by Gasteiger charge is 2.47. The molecule has 2 bridgehead atoms. The Kier molecular flexibility index (Phi) is 4.41. The Hall–Kier alpha value is -1.05. The molecule has 112 valence electrons. The first kappa shape index (κ1) is 15.3. The van der Waals surface area contributed by atoms with Crippen LogP contribution in [0.3, 0.4) is 0 Å². The van der Waals surface area contributed by atoms with Crippen LogP contribution in [-0.4, -0.2) is 46.8 Å². The highest BCUT2D eigenvalue weighted by molar-refractivity contribution is 5.83. The molecule has 0 aromatic rings. The lowest BCUT2D eigenvalue weighted by atomic mass is 9.80. The van der Waals surface area contributed by atoms with Gasteiger partial charge in [-0.05, 0) is 45.2 Å². The average molecular weight is 279 g/mol. The van der Waals surface area contributed by atoms with Gasteiger partial charge < -0.3 is 9.84 Å². The summed E-state index contributed by atoms with van der Waals surface area (Å²) in [4.78, 5) is 14.7. The van der Waals surface area contributed by atoms with Crippen molar-refractivity contribution in [2.75, 3.05) is 13.1 Å². The van der Waals surface area contributed by atoms with Gasteiger partial charge >= 0.3 is 5.97 Å². The molecular formula is C16H25NO3. The van der Waals surface area contributed by atoms with Gasteiger partial charge in [0.2, 0.25) is 5.60 Å². The molecule has 0 aromatic carbocycles. The van der Waals surface area contributed by atoms with Crippen LogP contribution in [0.4, 0.5) is 0 Å². The predicted molar refractivity (Wildman–Crippen MR) is 76.9 cm³/mol. The molecule has 3 heterocycles. The van der Waals surface area contributed by atoms with Crippen LogP contribution in [0.1, 0.15) is 40.0 Å². The maximum absolute atomic E-state index is 12.4. The second-order valence-electron chi connectivity index (χ2n) is 6.20. The Morgan fingerprint density at radius 3 is 2.60 bits per heavy atom. The standard InChI is InChI=1S/C16H25NO3/c1-5-11(3)16(19,6-2)15(18)20-14-12(4)17-9-7-13(14)8-10-17/h2,11-14,19H,5,7-10H2,1,3-4H3. The van der Waals surface area contributed by atoms with Gasteiger partial charge in [-0.15, -0.1) is 6.42 Å². The molecular weight excluding hydrogens is 254 g/mol. The number of piperidine rings is 3. The number of hydrogen-bond donors (Lipinski definition) is 1. The molecule has 0 aliphatic carbocycles. The molecule has 3 aliphatic rings. The first-order valence-electron chi connectivity index (χ1n) is 7.59. The molecule has 0 aromatic heterocycles. The van der Waals surface area contributed by atoms with E-state index < -0.39 is 11.6 Å². The molecule has 3 aliphatic heterocycles. The van der Waals surface area contributed by atoms with Crippen LogP contribution >= 0.6 is 0 Å². The molecule has 4 heteroatoms. The monoisotopic (exact) mass is 279 g/mol. The summed E-state index contributed by atoms with van der Waals surface area (Å²) < 4.78 is 5.64. The van der Waals surface area contributed by atoms with Gasteiger partial charge in [0.05, 0.1) is 0 Å². The largest absolute Gasteiger partial charge is 0.458 e. The number of fused-ring (bicyclic) bond motifs is 3. The first-order valence-corrected chi connectivity index (χ1v) is 7.59. The summed E-state index contributed by atoms with van der Waals surface area (Å²) in [6.45, 7) is 7.91. The molecule has 0 amide bonds. The SMILES string of the molecule is C#CC(O)(C(=O)OC1C2CCN(CC2)C1C)C(C)CC. The van der Waals surface area contributed by atoms with Gasteiger partial charge in [0.1, 0.15) is 6.10 Å². The van der Waals surface area contributed by atoms with Crippen molar-refractivity contribution in [1.82, 2.24) is 4.90 Å². The highest BCUT2D eigenvalue weighted by atomic mass is 16.6. The number of rotatable bonds is 4. The van der Waals surface area contributed by atoms with Crippen LogP contribution in [0.2, 0.25) is 0 Å². The minimum absolute atomic E-state index is 0.145. The number of hydrogen-bond acceptors (Lipinski definition) is 4. The molecule has 3 rings (SSSR count). The van der Waals surface area contributed by atoms with Crippen LogP contribution in [0.5, 0.6) is 0 Å². The minimum Gasteiger partial charge on any atom is -0.458 e. The van der Waals surface area contributed by atoms with Crippen molar-refractivity contribution in [1.29, 1.82) is 0 Å². The van der Waals surface area contributed by atoms with E-state index in [1.165, 1.54) is 0 Å². The van der Waals surface area contributed by atoms with Gasteiger partial charge in [0.25, 0.3) is 0 Å². The summed E-state index contributed by atoms with van der Waals surface area (Å²) in [5.74, 6) is 1.68. The fourth-order valence-electron chi connectivity index (χ4n) is 3.36. The summed E-state index contributed by atoms with van der Waals surface area (Å²) in [6, 6.07) is 0.213. The van der Waals surface area contributed by atoms with Gasteiger partial charge in [0, 0.05) is 12.0 Å². The van der Waals surface area contributed by atoms with E-state index in [0.29, 0.717) is 12.3 Å². The predicted octanol–water partition coefficient (Wildman–Crippen LogP) is 1.42. The van der Waals surface area contributed by atoms with Crippen LogP contribution < -0.4 is 0 Å². The van der Waals surface area contributed by atoms with Crippen molar-refractivity contribution >= 4 is 5.97 Å². The lowest BCUT2D eigenvalue weighted by Gasteiger charge is -2.49. The van der Waals surface area contributed by atoms with Crippen LogP contribution in [-0.2, 0) is 9.53 Å². The number of esters is 1. The molecule has 0 spiro atoms. The first-order chi connectivity index (χ1) is 9.43. The molecule has 4 nitrogen and oxygen atoms in total. The average Bonchev–Trinajstić information content (AvgIpc) is 2.49. The number of aliphatic hydroxyl groups is 1. The lowest BCUT2D eigenvalue weighted by Crippen LogP contribution is -2.59. The molecule has 0 saturated carbocycles. The molecule has 0 radical (unpaired) electrons. The minimum atomic E-state index is -1.81. The zero-order valence-electron chi connectivity index (χ0n) is 12.6. The number of terminal acetylenes is 1. The van der Waals surface area contributed by atoms with Crippen LogP contribution in [0.25, 0.3) is 0 Å². The summed E-state index contributed by atoms with van der Waals surface area (Å²) in [6.07, 6.45) is 7.99. The van der Waals surface area contributed by atoms with E-state index in [9.17, 15) is 9.90 Å². The normalized spacial score (nSPS) is 36.8. The fraction of sp³-hybridized carbons (Fsp3) is 0.812. The van der Waals surface area contributed by atoms with Gasteiger partial charge in [0.15, 0.2) is 0 Å². The fourth-order valence-corrected chi connectivity index (χ4v) is 3.36. The van der Waals surface area contributed by atoms with E-state index in [1.54, 1.807) is 6.92 Å². The summed E-state index contributed by atoms with van der Waals surface area (Å²) in [7, 11) is 0. The van der Waals surface area contributed by atoms with E-state index in [-0.39, 0.29) is 18.1 Å². The number of nitrogens with zero attached hydrogens (tertiary/aromatic N) is 1. The number of carbonyl (C=O) groups is 1. The van der Waals surface area contributed by atoms with E-state index in [1.807, 2.05) is 6.92 Å². The quantitative estimate of drug-likeness (QED) is 0.624. The van der Waals surface area contributed by atoms with Gasteiger partial charge in [-0.1, -0.05) is 19.8 Å². The Morgan fingerprint density at radius 2 is 2.15 bits per heavy atom. The van der Waals surface area contributed by atoms with Gasteiger partial charge in [-0.25, -0.2) is 4.79 Å². The second-order valence-corrected chi connectivity index (χ2v) is 6.20. The van der Waals surface area contributed by atoms with Crippen molar-refractivity contribution in [3.63, 3.8) is 0 Å². The van der Waals surface area contributed by atoms with Crippen molar-refractivity contribution in [3.05, 3.63) is 0 Å². The van der Waals surface area contributed by atoms with Gasteiger partial charge in [-0.2, -0.15) is 0 Å². The van der Waals surface area contributed by atoms with Crippen molar-refractivity contribution in [2.24, 2.45) is 11.8 Å². The molecule has 20 heavy (non-hydrogen) atoms. The Labute approximate surface area is 121 Å². The van der Waals surface area contributed by atoms with Crippen molar-refractivity contribution < 1.29 is 14.6 Å². The maximum Gasteiger partial charge on any atom is 0.351 e. The molecule has 4 atom stereocenters. The maximum atomic E-state index is 12.4. The summed E-state index contributed by atoms with van der Waals surface area (Å²) >= 11 is 0. The van der Waals surface area contributed by atoms with Crippen molar-refractivity contribution in [2.45, 2.75) is 57.8 Å². The number of carbonyl (C=O) groups excluding carboxylic acids is 1. The summed E-state index contributed by atoms with van der Waals surface area (Å²) in [5, 5.41) is 10.4. The van der Waals surface area contributed by atoms with Crippen LogP contribution in [0.15, 0.2) is 0 Å². The van der Waals surface area contributed by atoms with Crippen molar-refractivity contribution in [3.8, 4) is 12.3 Å². The number of ether oxygens (including phenoxy) is 1. The molecule has 3 saturated heterocycles. The van der Waals surface area contributed by atoms with E-state index >= 15 is 0 Å². The topological polar surface area (TPSA) is 49.8 Å². The molecule has 3 fully saturated rings. The third kappa shape index (κ3) is 2.45. The Bertz CT molecular complexity index is 406. The Balaban J connectivity index is 2.09. The summed E-state index contributed by atoms with van der Waals surface area (Å²) in [5.41, 5.74) is -1.81. The Morgan fingerprint density at radius 1 is 1.55 bits per heavy atom. The van der Waals surface area contributed by atoms with E-state index in [4.69, 9.17) is 11.2 Å². The van der Waals surface area contributed by atoms with Gasteiger partial charge in [-0.3, -0.25) is 4.90 Å². The third-order valence-corrected chi connectivity index (χ3v) is 5.19. The van der Waals surface area contributed by atoms with E-state index in [2.05, 4.69) is 17.7 Å². The smallest absolute Gasteiger partial charge is 0.351 e. The zero-order valence-corrected chi connectivity index (χ0v) is 12.6. The molecule has 4 unspecified atom stereocenters. The lowest BCUT2D eigenvalue weighted by molar-refractivity contribution is -0.184. The van der Waals surface area contributed by atoms with E-state index in [0.717, 1.165) is 25.9 Å². The second kappa shape index (κ2) is 5.75. The van der Waals surface area contributed by atoms with Crippen LogP contribution in [0, 0.1) is 24.2 Å². The third-order valence-electron chi connectivity index (χ3n) is 5.19. The molecule has 1 N–H and O–H groups in total.